The third-order valence-electron chi connectivity index (χ3n) is 2.12. The molecular formula is C10H10BrF2NO2. The van der Waals surface area contributed by atoms with Crippen LogP contribution in [0, 0.1) is 6.92 Å². The van der Waals surface area contributed by atoms with Gasteiger partial charge in [-0.15, -0.1) is 0 Å². The number of methoxy groups -OCH3 is 1. The molecule has 0 N–H and O–H groups in total. The summed E-state index contributed by atoms with van der Waals surface area (Å²) in [5.74, 6) is -0.766. The summed E-state index contributed by atoms with van der Waals surface area (Å²) in [5.41, 5.74) is 0.0820. The van der Waals surface area contributed by atoms with Crippen LogP contribution >= 0.6 is 15.9 Å². The molecule has 0 aliphatic rings. The van der Waals surface area contributed by atoms with Crippen LogP contribution in [0.5, 0.6) is 0 Å². The predicted molar refractivity (Wildman–Crippen MR) is 57.9 cm³/mol. The average Bonchev–Trinajstić information content (AvgIpc) is 2.27. The minimum atomic E-state index is -2.76. The number of esters is 1. The first kappa shape index (κ1) is 13.0. The van der Waals surface area contributed by atoms with Gasteiger partial charge in [0, 0.05) is 11.5 Å². The van der Waals surface area contributed by atoms with Crippen molar-refractivity contribution >= 4 is 21.9 Å². The minimum Gasteiger partial charge on any atom is -0.465 e. The summed E-state index contributed by atoms with van der Waals surface area (Å²) in [7, 11) is 1.16. The summed E-state index contributed by atoms with van der Waals surface area (Å²) in [6.45, 7) is 1.54. The van der Waals surface area contributed by atoms with Crippen molar-refractivity contribution in [3.05, 3.63) is 28.6 Å². The fourth-order valence-electron chi connectivity index (χ4n) is 1.38. The summed E-state index contributed by atoms with van der Waals surface area (Å²) >= 11 is 3.06. The number of hydrogen-bond acceptors (Lipinski definition) is 3. The molecule has 0 unspecified atom stereocenters. The number of alkyl halides is 3. The molecule has 0 amide bonds. The van der Waals surface area contributed by atoms with E-state index in [-0.39, 0.29) is 22.2 Å². The number of pyridine rings is 1. The lowest BCUT2D eigenvalue weighted by Crippen LogP contribution is -2.12. The first-order valence-electron chi connectivity index (χ1n) is 4.43. The Bertz CT molecular complexity index is 410. The average molecular weight is 294 g/mol. The molecule has 0 bridgehead atoms. The maximum Gasteiger partial charge on any atom is 0.338 e. The Kier molecular flexibility index (Phi) is 4.35. The lowest BCUT2D eigenvalue weighted by atomic mass is 10.0. The van der Waals surface area contributed by atoms with Crippen LogP contribution in [0.4, 0.5) is 8.78 Å². The molecule has 0 spiro atoms. The first-order valence-corrected chi connectivity index (χ1v) is 5.55. The fourth-order valence-corrected chi connectivity index (χ4v) is 1.83. The molecule has 3 nitrogen and oxygen atoms in total. The predicted octanol–water partition coefficient (Wildman–Crippen LogP) is 3.01. The van der Waals surface area contributed by atoms with E-state index in [1.165, 1.54) is 6.20 Å². The number of carbonyl (C=O) groups is 1. The van der Waals surface area contributed by atoms with Crippen molar-refractivity contribution < 1.29 is 18.3 Å². The Labute approximate surface area is 99.9 Å². The van der Waals surface area contributed by atoms with Gasteiger partial charge in [0.1, 0.15) is 0 Å². The summed E-state index contributed by atoms with van der Waals surface area (Å²) in [4.78, 5) is 15.3. The highest BCUT2D eigenvalue weighted by molar-refractivity contribution is 9.08. The monoisotopic (exact) mass is 293 g/mol. The van der Waals surface area contributed by atoms with E-state index in [1.54, 1.807) is 6.92 Å². The molecule has 0 saturated heterocycles. The van der Waals surface area contributed by atoms with Gasteiger partial charge in [0.05, 0.1) is 23.9 Å². The molecule has 1 aromatic heterocycles. The molecule has 0 radical (unpaired) electrons. The maximum atomic E-state index is 12.9. The van der Waals surface area contributed by atoms with E-state index in [2.05, 4.69) is 25.7 Å². The van der Waals surface area contributed by atoms with Gasteiger partial charge in [0.25, 0.3) is 6.43 Å². The van der Waals surface area contributed by atoms with E-state index in [0.29, 0.717) is 5.56 Å². The number of carbonyl (C=O) groups excluding carboxylic acids is 1. The lowest BCUT2D eigenvalue weighted by Gasteiger charge is -2.12. The van der Waals surface area contributed by atoms with Crippen LogP contribution < -0.4 is 0 Å². The standard InChI is InChI=1S/C10H10BrF2NO2/c1-5-4-14-6(3-11)8(9(12)13)7(5)10(15)16-2/h4,9H,3H2,1-2H3. The number of halogens is 3. The molecule has 16 heavy (non-hydrogen) atoms. The van der Waals surface area contributed by atoms with Crippen LogP contribution in [-0.4, -0.2) is 18.1 Å². The maximum absolute atomic E-state index is 12.9. The van der Waals surface area contributed by atoms with Crippen LogP contribution in [0.15, 0.2) is 6.20 Å². The molecule has 1 aromatic rings. The van der Waals surface area contributed by atoms with Crippen molar-refractivity contribution in [1.29, 1.82) is 0 Å². The van der Waals surface area contributed by atoms with Gasteiger partial charge in [-0.05, 0) is 12.5 Å². The van der Waals surface area contributed by atoms with Gasteiger partial charge in [-0.1, -0.05) is 15.9 Å². The highest BCUT2D eigenvalue weighted by Gasteiger charge is 2.25. The van der Waals surface area contributed by atoms with E-state index >= 15 is 0 Å². The number of hydrogen-bond donors (Lipinski definition) is 0. The van der Waals surface area contributed by atoms with Crippen molar-refractivity contribution in [3.8, 4) is 0 Å². The van der Waals surface area contributed by atoms with Crippen LogP contribution in [0.25, 0.3) is 0 Å². The summed E-state index contributed by atoms with van der Waals surface area (Å²) in [5, 5.41) is 0.164. The van der Waals surface area contributed by atoms with Crippen LogP contribution in [0.2, 0.25) is 0 Å². The highest BCUT2D eigenvalue weighted by atomic mass is 79.9. The second-order valence-electron chi connectivity index (χ2n) is 3.10. The SMILES string of the molecule is COC(=O)c1c(C)cnc(CBr)c1C(F)F. The van der Waals surface area contributed by atoms with Gasteiger partial charge in [-0.25, -0.2) is 13.6 Å². The van der Waals surface area contributed by atoms with Gasteiger partial charge < -0.3 is 4.74 Å². The summed E-state index contributed by atoms with van der Waals surface area (Å²) in [6.07, 6.45) is -1.37. The van der Waals surface area contributed by atoms with E-state index in [4.69, 9.17) is 0 Å². The normalized spacial score (nSPS) is 10.6. The van der Waals surface area contributed by atoms with Crippen molar-refractivity contribution in [3.63, 3.8) is 0 Å². The molecule has 0 aromatic carbocycles. The Morgan fingerprint density at radius 2 is 2.25 bits per heavy atom. The molecule has 0 aliphatic carbocycles. The van der Waals surface area contributed by atoms with Gasteiger partial charge in [-0.2, -0.15) is 0 Å². The molecule has 0 fully saturated rings. The second kappa shape index (κ2) is 5.34. The van der Waals surface area contributed by atoms with Crippen LogP contribution in [0.1, 0.15) is 33.6 Å². The zero-order valence-corrected chi connectivity index (χ0v) is 10.3. The minimum absolute atomic E-state index is 0.0954. The largest absolute Gasteiger partial charge is 0.465 e. The van der Waals surface area contributed by atoms with Gasteiger partial charge in [0.15, 0.2) is 0 Å². The number of aryl methyl sites for hydroxylation is 1. The molecule has 6 heteroatoms. The van der Waals surface area contributed by atoms with Gasteiger partial charge >= 0.3 is 5.97 Å². The Morgan fingerprint density at radius 3 is 2.69 bits per heavy atom. The van der Waals surface area contributed by atoms with Crippen molar-refractivity contribution in [2.75, 3.05) is 7.11 Å². The molecule has 0 saturated carbocycles. The Morgan fingerprint density at radius 1 is 1.62 bits per heavy atom. The number of aromatic nitrogens is 1. The zero-order valence-electron chi connectivity index (χ0n) is 8.76. The molecule has 88 valence electrons. The summed E-state index contributed by atoms with van der Waals surface area (Å²) < 4.78 is 30.3. The zero-order chi connectivity index (χ0) is 12.3. The molecule has 0 aliphatic heterocycles. The van der Waals surface area contributed by atoms with Crippen molar-refractivity contribution in [2.45, 2.75) is 18.7 Å². The summed E-state index contributed by atoms with van der Waals surface area (Å²) in [6, 6.07) is 0. The highest BCUT2D eigenvalue weighted by Crippen LogP contribution is 2.29. The topological polar surface area (TPSA) is 39.2 Å². The Balaban J connectivity index is 3.48. The number of rotatable bonds is 3. The molecule has 1 heterocycles. The lowest BCUT2D eigenvalue weighted by molar-refractivity contribution is 0.0587. The second-order valence-corrected chi connectivity index (χ2v) is 3.66. The van der Waals surface area contributed by atoms with E-state index < -0.39 is 12.4 Å². The molecule has 1 rings (SSSR count). The van der Waals surface area contributed by atoms with E-state index in [1.807, 2.05) is 0 Å². The number of ether oxygens (including phenoxy) is 1. The quantitative estimate of drug-likeness (QED) is 0.635. The van der Waals surface area contributed by atoms with E-state index in [9.17, 15) is 13.6 Å². The Hall–Kier alpha value is -1.04. The number of nitrogens with zero attached hydrogens (tertiary/aromatic N) is 1. The van der Waals surface area contributed by atoms with E-state index in [0.717, 1.165) is 7.11 Å². The van der Waals surface area contributed by atoms with Gasteiger partial charge in [-0.3, -0.25) is 4.98 Å². The first-order chi connectivity index (χ1) is 7.52. The third kappa shape index (κ3) is 2.37. The smallest absolute Gasteiger partial charge is 0.338 e. The third-order valence-corrected chi connectivity index (χ3v) is 2.65. The van der Waals surface area contributed by atoms with Crippen LogP contribution in [-0.2, 0) is 10.1 Å². The fraction of sp³-hybridized carbons (Fsp3) is 0.400. The molecular weight excluding hydrogens is 284 g/mol. The van der Waals surface area contributed by atoms with Crippen molar-refractivity contribution in [1.82, 2.24) is 4.98 Å². The molecule has 0 atom stereocenters. The van der Waals surface area contributed by atoms with Crippen molar-refractivity contribution in [2.24, 2.45) is 0 Å². The van der Waals surface area contributed by atoms with Gasteiger partial charge in [0.2, 0.25) is 0 Å². The van der Waals surface area contributed by atoms with Crippen LogP contribution in [0.3, 0.4) is 0 Å².